The number of carbonyl (C=O) groups excluding carboxylic acids is 1. The Morgan fingerprint density at radius 1 is 1.11 bits per heavy atom. The van der Waals surface area contributed by atoms with E-state index in [1.807, 2.05) is 48.5 Å². The maximum absolute atomic E-state index is 12.6. The minimum atomic E-state index is -0.633. The Morgan fingerprint density at radius 2 is 1.95 bits per heavy atom. The van der Waals surface area contributed by atoms with Crippen molar-refractivity contribution in [3.63, 3.8) is 0 Å². The van der Waals surface area contributed by atoms with Crippen molar-refractivity contribution in [2.75, 3.05) is 25.0 Å². The number of anilines is 1. The summed E-state index contributed by atoms with van der Waals surface area (Å²) >= 11 is 0. The van der Waals surface area contributed by atoms with E-state index in [1.165, 1.54) is 6.20 Å². The van der Waals surface area contributed by atoms with Crippen LogP contribution >= 0.6 is 0 Å². The zero-order chi connectivity index (χ0) is 25.8. The largest absolute Gasteiger partial charge is 0.392 e. The van der Waals surface area contributed by atoms with Crippen LogP contribution in [0, 0.1) is 5.92 Å². The van der Waals surface area contributed by atoms with Crippen LogP contribution in [0.2, 0.25) is 0 Å². The van der Waals surface area contributed by atoms with Crippen molar-refractivity contribution in [2.45, 2.75) is 44.6 Å². The maximum atomic E-state index is 12.6. The van der Waals surface area contributed by atoms with Crippen molar-refractivity contribution in [3.8, 4) is 0 Å². The molecule has 3 N–H and O–H groups in total. The SMILES string of the molecule is C[C@@H]1[C@H](CN2CC[C@H](O)C2)O[C@H](c2cccc(NC(=O)c3cccnc3)c2)O[C@@H]1c1ccc(CO)cc1. The Hall–Kier alpha value is -3.14. The van der Waals surface area contributed by atoms with Crippen molar-refractivity contribution < 1.29 is 24.5 Å². The fourth-order valence-electron chi connectivity index (χ4n) is 5.02. The molecule has 2 saturated heterocycles. The molecule has 194 valence electrons. The second kappa shape index (κ2) is 11.5. The highest BCUT2D eigenvalue weighted by atomic mass is 16.7. The fraction of sp³-hybridized carbons (Fsp3) is 0.379. The van der Waals surface area contributed by atoms with Gasteiger partial charge in [-0.1, -0.05) is 43.3 Å². The molecule has 2 aliphatic rings. The predicted octanol–water partition coefficient (Wildman–Crippen LogP) is 3.68. The van der Waals surface area contributed by atoms with E-state index in [2.05, 4.69) is 22.1 Å². The Labute approximate surface area is 216 Å². The number of β-amino-alcohol motifs (C(OH)–C–C–N with tert-alkyl or cyclic N) is 1. The van der Waals surface area contributed by atoms with Crippen LogP contribution < -0.4 is 5.32 Å². The van der Waals surface area contributed by atoms with Crippen molar-refractivity contribution in [3.05, 3.63) is 95.3 Å². The molecule has 8 heteroatoms. The standard InChI is InChI=1S/C29H33N3O5/c1-19-26(17-32-13-11-25(34)16-32)36-29(37-27(19)21-9-7-20(18-33)8-10-21)22-4-2-6-24(14-22)31-28(35)23-5-3-12-30-15-23/h2-10,12,14-15,19,25-27,29,33-34H,11,13,16-18H2,1H3,(H,31,35)/t19-,25+,26+,27+,29+/m1/s1. The minimum absolute atomic E-state index is 0.00936. The number of aromatic nitrogens is 1. The van der Waals surface area contributed by atoms with Crippen LogP contribution in [0.25, 0.3) is 0 Å². The molecule has 0 spiro atoms. The Bertz CT molecular complexity index is 1190. The van der Waals surface area contributed by atoms with Gasteiger partial charge in [-0.15, -0.1) is 0 Å². The molecule has 0 aliphatic carbocycles. The van der Waals surface area contributed by atoms with Gasteiger partial charge in [0.05, 0.1) is 30.5 Å². The van der Waals surface area contributed by atoms with E-state index in [-0.39, 0.29) is 36.7 Å². The van der Waals surface area contributed by atoms with Gasteiger partial charge in [0.15, 0.2) is 6.29 Å². The van der Waals surface area contributed by atoms with E-state index in [0.29, 0.717) is 24.3 Å². The first-order valence-corrected chi connectivity index (χ1v) is 12.7. The number of carbonyl (C=O) groups is 1. The molecule has 2 aliphatic heterocycles. The number of amides is 1. The molecule has 0 unspecified atom stereocenters. The average molecular weight is 504 g/mol. The third kappa shape index (κ3) is 6.06. The molecule has 8 nitrogen and oxygen atoms in total. The van der Waals surface area contributed by atoms with E-state index >= 15 is 0 Å². The molecule has 1 aromatic heterocycles. The molecule has 2 aromatic carbocycles. The summed E-state index contributed by atoms with van der Waals surface area (Å²) in [7, 11) is 0. The van der Waals surface area contributed by atoms with Gasteiger partial charge in [0.2, 0.25) is 0 Å². The van der Waals surface area contributed by atoms with Crippen molar-refractivity contribution in [1.82, 2.24) is 9.88 Å². The maximum Gasteiger partial charge on any atom is 0.257 e. The summed E-state index contributed by atoms with van der Waals surface area (Å²) in [4.78, 5) is 18.9. The normalized spacial score (nSPS) is 26.2. The second-order valence-corrected chi connectivity index (χ2v) is 9.85. The van der Waals surface area contributed by atoms with Crippen LogP contribution in [-0.4, -0.2) is 57.8 Å². The number of hydrogen-bond acceptors (Lipinski definition) is 7. The van der Waals surface area contributed by atoms with Crippen LogP contribution in [0.4, 0.5) is 5.69 Å². The van der Waals surface area contributed by atoms with Gasteiger partial charge >= 0.3 is 0 Å². The zero-order valence-electron chi connectivity index (χ0n) is 20.9. The third-order valence-electron chi connectivity index (χ3n) is 7.15. The van der Waals surface area contributed by atoms with Crippen molar-refractivity contribution in [1.29, 1.82) is 0 Å². The van der Waals surface area contributed by atoms with E-state index in [4.69, 9.17) is 9.47 Å². The number of likely N-dealkylation sites (tertiary alicyclic amines) is 1. The van der Waals surface area contributed by atoms with E-state index in [1.54, 1.807) is 18.3 Å². The van der Waals surface area contributed by atoms with Crippen molar-refractivity contribution >= 4 is 11.6 Å². The number of benzene rings is 2. The Morgan fingerprint density at radius 3 is 2.65 bits per heavy atom. The first-order valence-electron chi connectivity index (χ1n) is 12.7. The molecule has 5 rings (SSSR count). The molecule has 0 bridgehead atoms. The van der Waals surface area contributed by atoms with Gasteiger partial charge in [-0.25, -0.2) is 0 Å². The fourth-order valence-corrected chi connectivity index (χ4v) is 5.02. The summed E-state index contributed by atoms with van der Waals surface area (Å²) in [6.07, 6.45) is 2.65. The summed E-state index contributed by atoms with van der Waals surface area (Å²) in [5.41, 5.74) is 3.79. The number of hydrogen-bond donors (Lipinski definition) is 3. The number of aliphatic hydroxyl groups excluding tert-OH is 2. The molecular weight excluding hydrogens is 470 g/mol. The van der Waals surface area contributed by atoms with Crippen molar-refractivity contribution in [2.24, 2.45) is 5.92 Å². The second-order valence-electron chi connectivity index (χ2n) is 9.85. The summed E-state index contributed by atoms with van der Waals surface area (Å²) in [5.74, 6) is -0.181. The average Bonchev–Trinajstić information content (AvgIpc) is 3.35. The number of ether oxygens (including phenoxy) is 2. The summed E-state index contributed by atoms with van der Waals surface area (Å²) in [5, 5.41) is 22.4. The lowest BCUT2D eigenvalue weighted by Gasteiger charge is -2.42. The highest BCUT2D eigenvalue weighted by molar-refractivity contribution is 6.04. The van der Waals surface area contributed by atoms with E-state index in [9.17, 15) is 15.0 Å². The van der Waals surface area contributed by atoms with Crippen LogP contribution in [0.15, 0.2) is 73.1 Å². The highest BCUT2D eigenvalue weighted by Crippen LogP contribution is 2.42. The summed E-state index contributed by atoms with van der Waals surface area (Å²) < 4.78 is 13.0. The lowest BCUT2D eigenvalue weighted by molar-refractivity contribution is -0.276. The van der Waals surface area contributed by atoms with Crippen LogP contribution in [-0.2, 0) is 16.1 Å². The number of nitrogens with one attached hydrogen (secondary N) is 1. The number of nitrogens with zero attached hydrogens (tertiary/aromatic N) is 2. The molecule has 5 atom stereocenters. The zero-order valence-corrected chi connectivity index (χ0v) is 20.9. The van der Waals surface area contributed by atoms with E-state index in [0.717, 1.165) is 29.7 Å². The molecular formula is C29H33N3O5. The molecule has 0 saturated carbocycles. The lowest BCUT2D eigenvalue weighted by Crippen LogP contribution is -2.44. The molecule has 0 radical (unpaired) electrons. The number of pyridine rings is 1. The molecule has 3 heterocycles. The van der Waals surface area contributed by atoms with Gasteiger partial charge in [0, 0.05) is 49.2 Å². The predicted molar refractivity (Wildman–Crippen MR) is 139 cm³/mol. The minimum Gasteiger partial charge on any atom is -0.392 e. The van der Waals surface area contributed by atoms with Crippen LogP contribution in [0.1, 0.15) is 52.8 Å². The molecule has 3 aromatic rings. The summed E-state index contributed by atoms with van der Waals surface area (Å²) in [6, 6.07) is 18.8. The quantitative estimate of drug-likeness (QED) is 0.452. The first-order chi connectivity index (χ1) is 18.0. The monoisotopic (exact) mass is 503 g/mol. The highest BCUT2D eigenvalue weighted by Gasteiger charge is 2.40. The van der Waals surface area contributed by atoms with E-state index < -0.39 is 6.29 Å². The molecule has 1 amide bonds. The number of rotatable bonds is 7. The smallest absolute Gasteiger partial charge is 0.257 e. The van der Waals surface area contributed by atoms with Gasteiger partial charge in [-0.2, -0.15) is 0 Å². The van der Waals surface area contributed by atoms with Gasteiger partial charge in [-0.3, -0.25) is 14.7 Å². The first kappa shape index (κ1) is 25.5. The Balaban J connectivity index is 1.38. The molecule has 37 heavy (non-hydrogen) atoms. The number of aliphatic hydroxyl groups is 2. The van der Waals surface area contributed by atoms with Gasteiger partial charge in [-0.05, 0) is 41.8 Å². The third-order valence-corrected chi connectivity index (χ3v) is 7.15. The molecule has 2 fully saturated rings. The Kier molecular flexibility index (Phi) is 7.93. The topological polar surface area (TPSA) is 104 Å². The summed E-state index contributed by atoms with van der Waals surface area (Å²) in [6.45, 7) is 4.29. The van der Waals surface area contributed by atoms with Crippen LogP contribution in [0.3, 0.4) is 0 Å². The van der Waals surface area contributed by atoms with Crippen LogP contribution in [0.5, 0.6) is 0 Å². The van der Waals surface area contributed by atoms with Gasteiger partial charge < -0.3 is 25.0 Å². The lowest BCUT2D eigenvalue weighted by atomic mass is 9.90. The van der Waals surface area contributed by atoms with Gasteiger partial charge in [0.1, 0.15) is 0 Å². The van der Waals surface area contributed by atoms with Gasteiger partial charge in [0.25, 0.3) is 5.91 Å².